The van der Waals surface area contributed by atoms with E-state index < -0.39 is 4.75 Å². The number of hydrogen-bond donors (Lipinski definition) is 2. The van der Waals surface area contributed by atoms with Gasteiger partial charge < -0.3 is 9.84 Å². The van der Waals surface area contributed by atoms with Crippen molar-refractivity contribution in [2.75, 3.05) is 6.61 Å². The lowest BCUT2D eigenvalue weighted by Crippen LogP contribution is -2.48. The predicted molar refractivity (Wildman–Crippen MR) is 107 cm³/mol. The van der Waals surface area contributed by atoms with Gasteiger partial charge in [-0.2, -0.15) is 12.6 Å². The summed E-state index contributed by atoms with van der Waals surface area (Å²) in [5, 5.41) is 9.43. The number of benzene rings is 1. The van der Waals surface area contributed by atoms with Gasteiger partial charge >= 0.3 is 5.97 Å². The molecule has 4 heteroatoms. The van der Waals surface area contributed by atoms with Gasteiger partial charge in [0.15, 0.2) is 0 Å². The fraction of sp³-hybridized carbons (Fsp3) is 0.667. The van der Waals surface area contributed by atoms with Crippen LogP contribution in [0.5, 0.6) is 5.75 Å². The summed E-state index contributed by atoms with van der Waals surface area (Å²) in [6, 6.07) is 6.91. The monoisotopic (exact) mass is 366 g/mol. The third-order valence-corrected chi connectivity index (χ3v) is 5.65. The van der Waals surface area contributed by atoms with Crippen molar-refractivity contribution in [3.05, 3.63) is 29.8 Å². The van der Waals surface area contributed by atoms with Crippen LogP contribution in [-0.4, -0.2) is 22.4 Å². The maximum Gasteiger partial charge on any atom is 0.322 e. The van der Waals surface area contributed by atoms with E-state index in [0.29, 0.717) is 13.0 Å². The van der Waals surface area contributed by atoms with Gasteiger partial charge in [0.25, 0.3) is 0 Å². The molecule has 0 bridgehead atoms. The molecule has 0 aliphatic carbocycles. The molecule has 142 valence electrons. The summed E-state index contributed by atoms with van der Waals surface area (Å²) in [4.78, 5) is 12.8. The SMILES string of the molecule is CC(C)CCCCCOC(=O)C(S)(Cc1ccc(O)cc1)C(C)(C)C. The van der Waals surface area contributed by atoms with Gasteiger partial charge in [-0.1, -0.05) is 66.0 Å². The summed E-state index contributed by atoms with van der Waals surface area (Å²) in [5.41, 5.74) is 0.597. The van der Waals surface area contributed by atoms with Crippen LogP contribution in [0.3, 0.4) is 0 Å². The first-order valence-electron chi connectivity index (χ1n) is 9.24. The minimum absolute atomic E-state index is 0.216. The van der Waals surface area contributed by atoms with Crippen molar-refractivity contribution >= 4 is 18.6 Å². The molecule has 0 fully saturated rings. The lowest BCUT2D eigenvalue weighted by Gasteiger charge is -2.38. The number of thiol groups is 1. The molecule has 0 aromatic heterocycles. The van der Waals surface area contributed by atoms with E-state index >= 15 is 0 Å². The molecular weight excluding hydrogens is 332 g/mol. The molecular formula is C21H34O3S. The largest absolute Gasteiger partial charge is 0.508 e. The fourth-order valence-corrected chi connectivity index (χ4v) is 2.92. The highest BCUT2D eigenvalue weighted by atomic mass is 32.1. The van der Waals surface area contributed by atoms with Crippen molar-refractivity contribution in [3.63, 3.8) is 0 Å². The lowest BCUT2D eigenvalue weighted by atomic mass is 9.76. The van der Waals surface area contributed by atoms with Gasteiger partial charge in [-0.3, -0.25) is 4.79 Å². The van der Waals surface area contributed by atoms with Crippen molar-refractivity contribution in [1.29, 1.82) is 0 Å². The van der Waals surface area contributed by atoms with Crippen LogP contribution in [0.1, 0.15) is 65.9 Å². The van der Waals surface area contributed by atoms with Crippen LogP contribution in [0.4, 0.5) is 0 Å². The molecule has 0 heterocycles. The smallest absolute Gasteiger partial charge is 0.322 e. The number of esters is 1. The highest BCUT2D eigenvalue weighted by Crippen LogP contribution is 2.40. The number of carbonyl (C=O) groups excluding carboxylic acids is 1. The van der Waals surface area contributed by atoms with E-state index in [1.807, 2.05) is 32.9 Å². The Morgan fingerprint density at radius 1 is 1.12 bits per heavy atom. The molecule has 0 aliphatic heterocycles. The Morgan fingerprint density at radius 3 is 2.24 bits per heavy atom. The number of ether oxygens (including phenoxy) is 1. The molecule has 0 spiro atoms. The Labute approximate surface area is 158 Å². The number of unbranched alkanes of at least 4 members (excludes halogenated alkanes) is 2. The van der Waals surface area contributed by atoms with Gasteiger partial charge in [0.05, 0.1) is 6.61 Å². The fourth-order valence-electron chi connectivity index (χ4n) is 2.67. The number of phenolic OH excluding ortho intramolecular Hbond substituents is 1. The van der Waals surface area contributed by atoms with Gasteiger partial charge in [-0.05, 0) is 41.9 Å². The number of carbonyl (C=O) groups is 1. The van der Waals surface area contributed by atoms with E-state index in [1.165, 1.54) is 12.8 Å². The molecule has 0 saturated carbocycles. The highest BCUT2D eigenvalue weighted by Gasteiger charge is 2.46. The minimum Gasteiger partial charge on any atom is -0.508 e. The van der Waals surface area contributed by atoms with E-state index in [4.69, 9.17) is 17.4 Å². The van der Waals surface area contributed by atoms with Crippen molar-refractivity contribution in [3.8, 4) is 5.75 Å². The zero-order chi connectivity index (χ0) is 19.1. The summed E-state index contributed by atoms with van der Waals surface area (Å²) in [7, 11) is 0. The second-order valence-corrected chi connectivity index (χ2v) is 9.10. The standard InChI is InChI=1S/C21H34O3S/c1-16(2)9-7-6-8-14-24-19(23)21(25,20(3,4)5)15-17-10-12-18(22)13-11-17/h10-13,16,22,25H,6-9,14-15H2,1-5H3. The molecule has 3 nitrogen and oxygen atoms in total. The first-order chi connectivity index (χ1) is 11.6. The number of phenols is 1. The van der Waals surface area contributed by atoms with Gasteiger partial charge in [0, 0.05) is 0 Å². The van der Waals surface area contributed by atoms with E-state index in [-0.39, 0.29) is 17.1 Å². The third kappa shape index (κ3) is 6.93. The summed E-state index contributed by atoms with van der Waals surface area (Å²) in [6.45, 7) is 10.9. The van der Waals surface area contributed by atoms with Crippen LogP contribution in [0, 0.1) is 11.3 Å². The number of hydrogen-bond acceptors (Lipinski definition) is 4. The quantitative estimate of drug-likeness (QED) is 0.349. The molecule has 0 saturated heterocycles. The van der Waals surface area contributed by atoms with Crippen LogP contribution in [0.2, 0.25) is 0 Å². The van der Waals surface area contributed by atoms with Crippen molar-refractivity contribution < 1.29 is 14.6 Å². The van der Waals surface area contributed by atoms with Gasteiger partial charge in [0.1, 0.15) is 10.5 Å². The summed E-state index contributed by atoms with van der Waals surface area (Å²) >= 11 is 4.76. The van der Waals surface area contributed by atoms with Crippen LogP contribution in [-0.2, 0) is 16.0 Å². The van der Waals surface area contributed by atoms with Crippen molar-refractivity contribution in [1.82, 2.24) is 0 Å². The molecule has 1 aromatic rings. The van der Waals surface area contributed by atoms with E-state index in [0.717, 1.165) is 24.3 Å². The third-order valence-electron chi connectivity index (χ3n) is 4.63. The first-order valence-corrected chi connectivity index (χ1v) is 9.68. The Kier molecular flexibility index (Phi) is 8.33. The van der Waals surface area contributed by atoms with Crippen molar-refractivity contribution in [2.24, 2.45) is 11.3 Å². The lowest BCUT2D eigenvalue weighted by molar-refractivity contribution is -0.149. The highest BCUT2D eigenvalue weighted by molar-refractivity contribution is 7.82. The molecule has 1 unspecified atom stereocenters. The maximum absolute atomic E-state index is 12.8. The molecule has 1 atom stereocenters. The molecule has 1 N–H and O–H groups in total. The average Bonchev–Trinajstić information content (AvgIpc) is 2.51. The first kappa shape index (κ1) is 21.9. The zero-order valence-electron chi connectivity index (χ0n) is 16.3. The number of aromatic hydroxyl groups is 1. The Balaban J connectivity index is 2.64. The second kappa shape index (κ2) is 9.51. The molecule has 25 heavy (non-hydrogen) atoms. The molecule has 0 aliphatic rings. The van der Waals surface area contributed by atoms with Gasteiger partial charge in [0.2, 0.25) is 0 Å². The number of rotatable bonds is 9. The molecule has 0 radical (unpaired) electrons. The van der Waals surface area contributed by atoms with Crippen molar-refractivity contribution in [2.45, 2.75) is 71.5 Å². The van der Waals surface area contributed by atoms with Crippen LogP contribution < -0.4 is 0 Å². The average molecular weight is 367 g/mol. The zero-order valence-corrected chi connectivity index (χ0v) is 17.2. The maximum atomic E-state index is 12.8. The predicted octanol–water partition coefficient (Wildman–Crippen LogP) is 5.41. The Morgan fingerprint density at radius 2 is 1.72 bits per heavy atom. The molecule has 0 amide bonds. The summed E-state index contributed by atoms with van der Waals surface area (Å²) in [6.07, 6.45) is 4.83. The Hall–Kier alpha value is -1.16. The molecule has 1 aromatic carbocycles. The normalized spacial score (nSPS) is 14.4. The summed E-state index contributed by atoms with van der Waals surface area (Å²) < 4.78 is 4.66. The van der Waals surface area contributed by atoms with E-state index in [2.05, 4.69) is 13.8 Å². The van der Waals surface area contributed by atoms with Gasteiger partial charge in [-0.25, -0.2) is 0 Å². The Bertz CT molecular complexity index is 531. The van der Waals surface area contributed by atoms with Gasteiger partial charge in [-0.15, -0.1) is 0 Å². The second-order valence-electron chi connectivity index (χ2n) is 8.33. The minimum atomic E-state index is -0.915. The van der Waals surface area contributed by atoms with E-state index in [9.17, 15) is 9.90 Å². The van der Waals surface area contributed by atoms with Crippen LogP contribution >= 0.6 is 12.6 Å². The van der Waals surface area contributed by atoms with Crippen LogP contribution in [0.15, 0.2) is 24.3 Å². The summed E-state index contributed by atoms with van der Waals surface area (Å²) in [5.74, 6) is 0.673. The van der Waals surface area contributed by atoms with Crippen LogP contribution in [0.25, 0.3) is 0 Å². The molecule has 1 rings (SSSR count). The van der Waals surface area contributed by atoms with E-state index in [1.54, 1.807) is 12.1 Å². The topological polar surface area (TPSA) is 46.5 Å².